The average molecular weight is 388 g/mol. The van der Waals surface area contributed by atoms with Crippen LogP contribution in [-0.2, 0) is 20.8 Å². The first-order valence-electron chi connectivity index (χ1n) is 8.88. The van der Waals surface area contributed by atoms with Gasteiger partial charge in [0, 0.05) is 24.6 Å². The van der Waals surface area contributed by atoms with E-state index in [-0.39, 0.29) is 6.61 Å². The van der Waals surface area contributed by atoms with E-state index in [1.807, 2.05) is 19.1 Å². The molecule has 28 heavy (non-hydrogen) atoms. The highest BCUT2D eigenvalue weighted by Crippen LogP contribution is 2.25. The van der Waals surface area contributed by atoms with Crippen LogP contribution >= 0.6 is 0 Å². The van der Waals surface area contributed by atoms with Crippen molar-refractivity contribution in [2.24, 2.45) is 0 Å². The van der Waals surface area contributed by atoms with E-state index >= 15 is 0 Å². The summed E-state index contributed by atoms with van der Waals surface area (Å²) in [5.41, 5.74) is 3.76. The number of nitrogens with zero attached hydrogens (tertiary/aromatic N) is 4. The number of aliphatic hydroxyl groups excluding tert-OH is 1. The monoisotopic (exact) mass is 388 g/mol. The van der Waals surface area contributed by atoms with Gasteiger partial charge in [0.15, 0.2) is 0 Å². The predicted octanol–water partition coefficient (Wildman–Crippen LogP) is 1.32. The van der Waals surface area contributed by atoms with Gasteiger partial charge >= 0.3 is 5.97 Å². The van der Waals surface area contributed by atoms with Crippen LogP contribution < -0.4 is 0 Å². The molecule has 0 bridgehead atoms. The zero-order valence-corrected chi connectivity index (χ0v) is 16.2. The topological polar surface area (TPSA) is 100 Å². The van der Waals surface area contributed by atoms with Crippen LogP contribution in [0.3, 0.4) is 0 Å². The highest BCUT2D eigenvalue weighted by atomic mass is 16.5. The SMILES string of the molecule is COCCOC[C@@H](O)Cn1ncc(-c2ccn3ncc(C(=O)OC)c3c2)c1C. The molecule has 0 aliphatic carbocycles. The van der Waals surface area contributed by atoms with E-state index in [9.17, 15) is 9.90 Å². The molecule has 0 fully saturated rings. The van der Waals surface area contributed by atoms with Crippen molar-refractivity contribution in [2.75, 3.05) is 34.0 Å². The van der Waals surface area contributed by atoms with Crippen LogP contribution in [0.4, 0.5) is 0 Å². The van der Waals surface area contributed by atoms with E-state index in [0.29, 0.717) is 30.8 Å². The molecule has 3 heterocycles. The van der Waals surface area contributed by atoms with Crippen LogP contribution in [0, 0.1) is 6.92 Å². The Hall–Kier alpha value is -2.75. The average Bonchev–Trinajstić information content (AvgIpc) is 3.28. The van der Waals surface area contributed by atoms with Crippen LogP contribution in [0.5, 0.6) is 0 Å². The third kappa shape index (κ3) is 4.22. The third-order valence-electron chi connectivity index (χ3n) is 4.47. The summed E-state index contributed by atoms with van der Waals surface area (Å²) in [5, 5.41) is 18.7. The van der Waals surface area contributed by atoms with Crippen LogP contribution in [-0.4, -0.2) is 70.6 Å². The molecule has 9 heteroatoms. The molecular formula is C19H24N4O5. The van der Waals surface area contributed by atoms with Crippen molar-refractivity contribution in [1.82, 2.24) is 19.4 Å². The first-order valence-corrected chi connectivity index (χ1v) is 8.88. The normalized spacial score (nSPS) is 12.4. The van der Waals surface area contributed by atoms with Crippen molar-refractivity contribution in [3.8, 4) is 11.1 Å². The maximum atomic E-state index is 11.9. The van der Waals surface area contributed by atoms with Gasteiger partial charge < -0.3 is 19.3 Å². The van der Waals surface area contributed by atoms with E-state index < -0.39 is 12.1 Å². The third-order valence-corrected chi connectivity index (χ3v) is 4.47. The first kappa shape index (κ1) is 20.0. The number of carbonyl (C=O) groups excluding carboxylic acids is 1. The summed E-state index contributed by atoms with van der Waals surface area (Å²) in [6, 6.07) is 3.78. The molecule has 0 aliphatic rings. The lowest BCUT2D eigenvalue weighted by molar-refractivity contribution is 0.00577. The zero-order valence-electron chi connectivity index (χ0n) is 16.2. The van der Waals surface area contributed by atoms with Crippen LogP contribution in [0.1, 0.15) is 16.1 Å². The minimum Gasteiger partial charge on any atom is -0.465 e. The number of methoxy groups -OCH3 is 2. The second-order valence-electron chi connectivity index (χ2n) is 6.34. The fraction of sp³-hybridized carbons (Fsp3) is 0.421. The lowest BCUT2D eigenvalue weighted by Crippen LogP contribution is -2.24. The molecule has 1 N–H and O–H groups in total. The van der Waals surface area contributed by atoms with Gasteiger partial charge in [-0.25, -0.2) is 9.31 Å². The van der Waals surface area contributed by atoms with Crippen molar-refractivity contribution >= 4 is 11.5 Å². The summed E-state index contributed by atoms with van der Waals surface area (Å²) in [5.74, 6) is -0.434. The molecular weight excluding hydrogens is 364 g/mol. The predicted molar refractivity (Wildman–Crippen MR) is 101 cm³/mol. The molecule has 3 aromatic rings. The Labute approximate surface area is 162 Å². The summed E-state index contributed by atoms with van der Waals surface area (Å²) in [6.45, 7) is 3.39. The Bertz CT molecular complexity index is 949. The summed E-state index contributed by atoms with van der Waals surface area (Å²) in [4.78, 5) is 11.9. The van der Waals surface area contributed by atoms with Crippen molar-refractivity contribution in [1.29, 1.82) is 0 Å². The van der Waals surface area contributed by atoms with Gasteiger partial charge in [0.05, 0.1) is 57.5 Å². The van der Waals surface area contributed by atoms with E-state index in [1.54, 1.807) is 28.7 Å². The molecule has 0 unspecified atom stereocenters. The summed E-state index contributed by atoms with van der Waals surface area (Å²) in [7, 11) is 2.94. The number of rotatable bonds is 9. The van der Waals surface area contributed by atoms with Gasteiger partial charge in [-0.05, 0) is 24.6 Å². The van der Waals surface area contributed by atoms with Crippen molar-refractivity contribution in [3.05, 3.63) is 42.0 Å². The summed E-state index contributed by atoms with van der Waals surface area (Å²) < 4.78 is 18.4. The molecule has 0 amide bonds. The van der Waals surface area contributed by atoms with Crippen LogP contribution in [0.15, 0.2) is 30.7 Å². The number of hydrogen-bond acceptors (Lipinski definition) is 7. The number of ether oxygens (including phenoxy) is 3. The maximum absolute atomic E-state index is 11.9. The van der Waals surface area contributed by atoms with Crippen molar-refractivity contribution < 1.29 is 24.1 Å². The van der Waals surface area contributed by atoms with E-state index in [1.165, 1.54) is 13.3 Å². The molecule has 3 rings (SSSR count). The number of esters is 1. The van der Waals surface area contributed by atoms with Gasteiger partial charge in [-0.2, -0.15) is 10.2 Å². The number of fused-ring (bicyclic) bond motifs is 1. The van der Waals surface area contributed by atoms with Gasteiger partial charge in [0.1, 0.15) is 5.56 Å². The minimum atomic E-state index is -0.674. The van der Waals surface area contributed by atoms with Crippen molar-refractivity contribution in [3.63, 3.8) is 0 Å². The van der Waals surface area contributed by atoms with Gasteiger partial charge in [-0.15, -0.1) is 0 Å². The number of pyridine rings is 1. The summed E-state index contributed by atoms with van der Waals surface area (Å²) in [6.07, 6.45) is 4.34. The molecule has 150 valence electrons. The maximum Gasteiger partial charge on any atom is 0.341 e. The minimum absolute atomic E-state index is 0.211. The Kier molecular flexibility index (Phi) is 6.40. The standard InChI is InChI=1S/C19H24N4O5/c1-13-16(9-21-23(13)11-15(24)12-28-7-6-26-2)14-4-5-22-18(8-14)17(10-20-22)19(25)27-3/h4-5,8-10,15,24H,6-7,11-12H2,1-3H3/t15-/m0/s1. The Balaban J connectivity index is 1.78. The fourth-order valence-electron chi connectivity index (χ4n) is 2.94. The van der Waals surface area contributed by atoms with E-state index in [4.69, 9.17) is 14.2 Å². The van der Waals surface area contributed by atoms with E-state index in [0.717, 1.165) is 16.8 Å². The highest BCUT2D eigenvalue weighted by Gasteiger charge is 2.16. The second-order valence-corrected chi connectivity index (χ2v) is 6.34. The van der Waals surface area contributed by atoms with Gasteiger partial charge in [0.2, 0.25) is 0 Å². The molecule has 0 radical (unpaired) electrons. The first-order chi connectivity index (χ1) is 13.5. The van der Waals surface area contributed by atoms with E-state index in [2.05, 4.69) is 10.2 Å². The van der Waals surface area contributed by atoms with Crippen LogP contribution in [0.25, 0.3) is 16.6 Å². The molecule has 9 nitrogen and oxygen atoms in total. The second kappa shape index (κ2) is 8.96. The van der Waals surface area contributed by atoms with Crippen molar-refractivity contribution in [2.45, 2.75) is 19.6 Å². The largest absolute Gasteiger partial charge is 0.465 e. The van der Waals surface area contributed by atoms with Crippen LogP contribution in [0.2, 0.25) is 0 Å². The Morgan fingerprint density at radius 3 is 2.82 bits per heavy atom. The molecule has 0 aliphatic heterocycles. The fourth-order valence-corrected chi connectivity index (χ4v) is 2.94. The zero-order chi connectivity index (χ0) is 20.1. The molecule has 3 aromatic heterocycles. The number of aliphatic hydroxyl groups is 1. The molecule has 0 saturated carbocycles. The summed E-state index contributed by atoms with van der Waals surface area (Å²) >= 11 is 0. The lowest BCUT2D eigenvalue weighted by Gasteiger charge is -2.13. The Morgan fingerprint density at radius 2 is 2.07 bits per heavy atom. The Morgan fingerprint density at radius 1 is 1.25 bits per heavy atom. The van der Waals surface area contributed by atoms with Gasteiger partial charge in [-0.3, -0.25) is 4.68 Å². The molecule has 0 saturated heterocycles. The lowest BCUT2D eigenvalue weighted by atomic mass is 10.1. The number of aromatic nitrogens is 4. The molecule has 1 atom stereocenters. The quantitative estimate of drug-likeness (QED) is 0.436. The smallest absolute Gasteiger partial charge is 0.341 e. The van der Waals surface area contributed by atoms with Gasteiger partial charge in [0.25, 0.3) is 0 Å². The number of carbonyl (C=O) groups is 1. The highest BCUT2D eigenvalue weighted by molar-refractivity contribution is 5.97. The molecule has 0 aromatic carbocycles. The van der Waals surface area contributed by atoms with Gasteiger partial charge in [-0.1, -0.05) is 0 Å². The molecule has 0 spiro atoms. The number of hydrogen-bond donors (Lipinski definition) is 1.